The summed E-state index contributed by atoms with van der Waals surface area (Å²) < 4.78 is 10.8. The van der Waals surface area contributed by atoms with Crippen molar-refractivity contribution < 1.29 is 9.47 Å². The molecule has 0 spiro atoms. The first-order valence-electron chi connectivity index (χ1n) is 5.90. The molecule has 1 aliphatic rings. The van der Waals surface area contributed by atoms with E-state index in [0.29, 0.717) is 6.61 Å². The van der Waals surface area contributed by atoms with Gasteiger partial charge in [0.05, 0.1) is 11.5 Å². The number of unbranched alkanes of at least 4 members (excludes halogenated alkanes) is 1. The van der Waals surface area contributed by atoms with Gasteiger partial charge in [0.2, 0.25) is 0 Å². The lowest BCUT2D eigenvalue weighted by Crippen LogP contribution is -2.29. The first-order valence-corrected chi connectivity index (χ1v) is 5.90. The Hall–Kier alpha value is -0.590. The average molecular weight is 211 g/mol. The highest BCUT2D eigenvalue weighted by atomic mass is 16.5. The maximum atomic E-state index is 9.18. The lowest BCUT2D eigenvalue weighted by atomic mass is 9.79. The van der Waals surface area contributed by atoms with Crippen molar-refractivity contribution in [3.8, 4) is 6.07 Å². The number of nitrogens with zero attached hydrogens (tertiary/aromatic N) is 1. The largest absolute Gasteiger partial charge is 0.381 e. The molecule has 0 unspecified atom stereocenters. The van der Waals surface area contributed by atoms with Crippen LogP contribution in [-0.4, -0.2) is 26.4 Å². The fourth-order valence-electron chi connectivity index (χ4n) is 1.80. The molecule has 0 aromatic heterocycles. The van der Waals surface area contributed by atoms with E-state index in [2.05, 4.69) is 13.0 Å². The van der Waals surface area contributed by atoms with Gasteiger partial charge < -0.3 is 9.47 Å². The summed E-state index contributed by atoms with van der Waals surface area (Å²) in [5, 5.41) is 9.18. The van der Waals surface area contributed by atoms with Gasteiger partial charge in [-0.1, -0.05) is 13.3 Å². The first kappa shape index (κ1) is 12.5. The molecule has 15 heavy (non-hydrogen) atoms. The lowest BCUT2D eigenvalue weighted by molar-refractivity contribution is 0.0196. The monoisotopic (exact) mass is 211 g/mol. The summed E-state index contributed by atoms with van der Waals surface area (Å²) >= 11 is 0. The predicted molar refractivity (Wildman–Crippen MR) is 58.4 cm³/mol. The van der Waals surface area contributed by atoms with E-state index >= 15 is 0 Å². The molecule has 0 aliphatic carbocycles. The van der Waals surface area contributed by atoms with E-state index in [1.807, 2.05) is 0 Å². The quantitative estimate of drug-likeness (QED) is 0.634. The lowest BCUT2D eigenvalue weighted by Gasteiger charge is -2.30. The van der Waals surface area contributed by atoms with Gasteiger partial charge in [-0.25, -0.2) is 0 Å². The second-order valence-electron chi connectivity index (χ2n) is 4.22. The van der Waals surface area contributed by atoms with Gasteiger partial charge in [0.1, 0.15) is 0 Å². The van der Waals surface area contributed by atoms with Gasteiger partial charge in [0.15, 0.2) is 0 Å². The van der Waals surface area contributed by atoms with Gasteiger partial charge in [-0.15, -0.1) is 0 Å². The topological polar surface area (TPSA) is 42.2 Å². The summed E-state index contributed by atoms with van der Waals surface area (Å²) in [4.78, 5) is 0. The summed E-state index contributed by atoms with van der Waals surface area (Å²) in [5.74, 6) is 0. The molecule has 0 saturated carbocycles. The molecule has 0 atom stereocenters. The molecule has 1 rings (SSSR count). The summed E-state index contributed by atoms with van der Waals surface area (Å²) in [5.41, 5.74) is -0.176. The highest BCUT2D eigenvalue weighted by Crippen LogP contribution is 2.33. The number of hydrogen-bond donors (Lipinski definition) is 0. The molecule has 1 heterocycles. The molecule has 0 amide bonds. The van der Waals surface area contributed by atoms with Crippen LogP contribution in [0.15, 0.2) is 0 Å². The Morgan fingerprint density at radius 3 is 2.67 bits per heavy atom. The smallest absolute Gasteiger partial charge is 0.0692 e. The average Bonchev–Trinajstić information content (AvgIpc) is 2.30. The van der Waals surface area contributed by atoms with Crippen molar-refractivity contribution in [1.29, 1.82) is 5.26 Å². The molecule has 0 aromatic rings. The SMILES string of the molecule is CCCCOCCC1(C#N)CCOCC1. The van der Waals surface area contributed by atoms with Gasteiger partial charge in [0, 0.05) is 26.4 Å². The van der Waals surface area contributed by atoms with E-state index in [-0.39, 0.29) is 5.41 Å². The number of rotatable bonds is 6. The Labute approximate surface area is 92.4 Å². The van der Waals surface area contributed by atoms with Crippen LogP contribution >= 0.6 is 0 Å². The van der Waals surface area contributed by atoms with Crippen molar-refractivity contribution in [3.05, 3.63) is 0 Å². The molecule has 1 fully saturated rings. The second-order valence-corrected chi connectivity index (χ2v) is 4.22. The Bertz CT molecular complexity index is 204. The molecule has 0 N–H and O–H groups in total. The molecule has 3 heteroatoms. The molecular formula is C12H21NO2. The molecule has 86 valence electrons. The van der Waals surface area contributed by atoms with Crippen LogP contribution in [0.2, 0.25) is 0 Å². The maximum absolute atomic E-state index is 9.18. The van der Waals surface area contributed by atoms with E-state index < -0.39 is 0 Å². The Morgan fingerprint density at radius 1 is 1.33 bits per heavy atom. The third-order valence-electron chi connectivity index (χ3n) is 3.05. The zero-order valence-electron chi connectivity index (χ0n) is 9.63. The molecule has 0 bridgehead atoms. The zero-order valence-corrected chi connectivity index (χ0v) is 9.63. The molecule has 0 radical (unpaired) electrons. The highest BCUT2D eigenvalue weighted by molar-refractivity contribution is 4.99. The van der Waals surface area contributed by atoms with Crippen LogP contribution in [0.3, 0.4) is 0 Å². The Balaban J connectivity index is 2.19. The van der Waals surface area contributed by atoms with Crippen LogP contribution in [0.1, 0.15) is 39.0 Å². The van der Waals surface area contributed by atoms with E-state index in [1.165, 1.54) is 0 Å². The summed E-state index contributed by atoms with van der Waals surface area (Å²) in [7, 11) is 0. The minimum Gasteiger partial charge on any atom is -0.381 e. The highest BCUT2D eigenvalue weighted by Gasteiger charge is 2.32. The fraction of sp³-hybridized carbons (Fsp3) is 0.917. The van der Waals surface area contributed by atoms with E-state index in [0.717, 1.165) is 51.9 Å². The van der Waals surface area contributed by atoms with Crippen LogP contribution in [0, 0.1) is 16.7 Å². The fourth-order valence-corrected chi connectivity index (χ4v) is 1.80. The minimum atomic E-state index is -0.176. The van der Waals surface area contributed by atoms with Crippen molar-refractivity contribution in [1.82, 2.24) is 0 Å². The maximum Gasteiger partial charge on any atom is 0.0692 e. The summed E-state index contributed by atoms with van der Waals surface area (Å²) in [6.07, 6.45) is 4.86. The molecule has 1 aliphatic heterocycles. The van der Waals surface area contributed by atoms with Gasteiger partial charge in [-0.05, 0) is 25.7 Å². The van der Waals surface area contributed by atoms with Crippen molar-refractivity contribution >= 4 is 0 Å². The van der Waals surface area contributed by atoms with Gasteiger partial charge in [-0.3, -0.25) is 0 Å². The molecular weight excluding hydrogens is 190 g/mol. The van der Waals surface area contributed by atoms with Crippen LogP contribution in [0.5, 0.6) is 0 Å². The first-order chi connectivity index (χ1) is 7.33. The van der Waals surface area contributed by atoms with Gasteiger partial charge in [0.25, 0.3) is 0 Å². The Morgan fingerprint density at radius 2 is 2.07 bits per heavy atom. The molecule has 1 saturated heterocycles. The van der Waals surface area contributed by atoms with Crippen molar-refractivity contribution in [3.63, 3.8) is 0 Å². The van der Waals surface area contributed by atoms with Crippen molar-refractivity contribution in [2.75, 3.05) is 26.4 Å². The number of nitriles is 1. The summed E-state index contributed by atoms with van der Waals surface area (Å²) in [6.45, 7) is 5.14. The van der Waals surface area contributed by atoms with Crippen LogP contribution < -0.4 is 0 Å². The predicted octanol–water partition coefficient (Wildman–Crippen LogP) is 2.51. The number of ether oxygens (including phenoxy) is 2. The van der Waals surface area contributed by atoms with Crippen LogP contribution in [-0.2, 0) is 9.47 Å². The van der Waals surface area contributed by atoms with Crippen molar-refractivity contribution in [2.45, 2.75) is 39.0 Å². The second kappa shape index (κ2) is 6.81. The zero-order chi connectivity index (χ0) is 11.0. The number of hydrogen-bond acceptors (Lipinski definition) is 3. The summed E-state index contributed by atoms with van der Waals surface area (Å²) in [6, 6.07) is 2.45. The van der Waals surface area contributed by atoms with E-state index in [9.17, 15) is 5.26 Å². The van der Waals surface area contributed by atoms with Crippen LogP contribution in [0.4, 0.5) is 0 Å². The van der Waals surface area contributed by atoms with Crippen LogP contribution in [0.25, 0.3) is 0 Å². The van der Waals surface area contributed by atoms with Crippen molar-refractivity contribution in [2.24, 2.45) is 5.41 Å². The molecule has 3 nitrogen and oxygen atoms in total. The Kier molecular flexibility index (Phi) is 5.67. The molecule has 0 aromatic carbocycles. The minimum absolute atomic E-state index is 0.176. The third kappa shape index (κ3) is 4.19. The normalized spacial score (nSPS) is 19.7. The van der Waals surface area contributed by atoms with E-state index in [4.69, 9.17) is 9.47 Å². The standard InChI is InChI=1S/C12H21NO2/c1-2-3-7-14-8-4-12(11-13)5-9-15-10-6-12/h2-10H2,1H3. The van der Waals surface area contributed by atoms with Gasteiger partial charge >= 0.3 is 0 Å². The third-order valence-corrected chi connectivity index (χ3v) is 3.05. The van der Waals surface area contributed by atoms with Gasteiger partial charge in [-0.2, -0.15) is 5.26 Å². The van der Waals surface area contributed by atoms with E-state index in [1.54, 1.807) is 0 Å².